The minimum Gasteiger partial charge on any atom is -0.369 e. The third-order valence-corrected chi connectivity index (χ3v) is 6.18. The van der Waals surface area contributed by atoms with E-state index in [1.807, 2.05) is 25.1 Å². The van der Waals surface area contributed by atoms with Gasteiger partial charge in [0.05, 0.1) is 21.8 Å². The quantitative estimate of drug-likeness (QED) is 0.607. The van der Waals surface area contributed by atoms with Crippen molar-refractivity contribution < 1.29 is 4.79 Å². The molecule has 2 atom stereocenters. The summed E-state index contributed by atoms with van der Waals surface area (Å²) >= 11 is 13.5. The zero-order valence-electron chi connectivity index (χ0n) is 14.9. The minimum atomic E-state index is -0.595. The van der Waals surface area contributed by atoms with Crippen LogP contribution in [0.25, 0.3) is 11.3 Å². The normalized spacial score (nSPS) is 18.6. The molecule has 0 radical (unpaired) electrons. The number of primary amides is 1. The first kappa shape index (κ1) is 20.2. The number of nitrogens with one attached hydrogen (secondary N) is 1. The van der Waals surface area contributed by atoms with Gasteiger partial charge in [-0.3, -0.25) is 4.79 Å². The van der Waals surface area contributed by atoms with Crippen LogP contribution < -0.4 is 16.8 Å². The summed E-state index contributed by atoms with van der Waals surface area (Å²) in [5, 5.41) is 4.13. The number of fused-ring (bicyclic) bond motifs is 1. The Balaban J connectivity index is 2.05. The highest BCUT2D eigenvalue weighted by atomic mass is 35.5. The molecular weight excluding hydrogens is 407 g/mol. The standard InChI is InChI=1S/C17H20Cl2N6OS/c1-25(2)6-5-22-17-23-13(8-3-4-9(18)10(19)7-8)11-12(20)14(15(21)26)27-16(11)24-17/h3-4,7,12,14H,5-6,20H2,1-2H3,(H2,21,26)(H,22,23,24). The summed E-state index contributed by atoms with van der Waals surface area (Å²) in [4.78, 5) is 23.0. The Morgan fingerprint density at radius 3 is 2.67 bits per heavy atom. The van der Waals surface area contributed by atoms with Crippen molar-refractivity contribution in [2.45, 2.75) is 16.3 Å². The number of aromatic nitrogens is 2. The molecule has 0 aliphatic carbocycles. The Morgan fingerprint density at radius 1 is 1.30 bits per heavy atom. The topological polar surface area (TPSA) is 110 Å². The number of nitrogens with zero attached hydrogens (tertiary/aromatic N) is 3. The molecule has 1 amide bonds. The summed E-state index contributed by atoms with van der Waals surface area (Å²) in [5.41, 5.74) is 13.9. The summed E-state index contributed by atoms with van der Waals surface area (Å²) in [6.07, 6.45) is 0. The predicted octanol–water partition coefficient (Wildman–Crippen LogP) is 2.38. The van der Waals surface area contributed by atoms with Gasteiger partial charge in [0.2, 0.25) is 11.9 Å². The van der Waals surface area contributed by atoms with E-state index in [4.69, 9.17) is 34.7 Å². The zero-order valence-corrected chi connectivity index (χ0v) is 17.2. The van der Waals surface area contributed by atoms with Crippen molar-refractivity contribution in [2.75, 3.05) is 32.5 Å². The second-order valence-electron chi connectivity index (χ2n) is 6.44. The van der Waals surface area contributed by atoms with E-state index in [0.717, 1.165) is 12.1 Å². The molecule has 0 fully saturated rings. The van der Waals surface area contributed by atoms with Gasteiger partial charge in [-0.2, -0.15) is 0 Å². The highest BCUT2D eigenvalue weighted by Crippen LogP contribution is 2.46. The Bertz CT molecular complexity index is 879. The second kappa shape index (κ2) is 8.20. The third-order valence-electron chi connectivity index (χ3n) is 4.12. The maximum atomic E-state index is 11.8. The fraction of sp³-hybridized carbons (Fsp3) is 0.353. The number of benzene rings is 1. The number of carbonyl (C=O) groups excluding carboxylic acids is 1. The Labute approximate surface area is 171 Å². The molecule has 0 spiro atoms. The van der Waals surface area contributed by atoms with Gasteiger partial charge in [0.25, 0.3) is 0 Å². The molecule has 0 bridgehead atoms. The van der Waals surface area contributed by atoms with Gasteiger partial charge in [-0.05, 0) is 26.2 Å². The lowest BCUT2D eigenvalue weighted by Crippen LogP contribution is -2.33. The van der Waals surface area contributed by atoms with Gasteiger partial charge >= 0.3 is 0 Å². The third kappa shape index (κ3) is 4.30. The van der Waals surface area contributed by atoms with Crippen molar-refractivity contribution in [2.24, 2.45) is 11.5 Å². The zero-order chi connectivity index (χ0) is 19.7. The van der Waals surface area contributed by atoms with E-state index in [1.165, 1.54) is 11.8 Å². The summed E-state index contributed by atoms with van der Waals surface area (Å²) in [6.45, 7) is 1.49. The first-order chi connectivity index (χ1) is 12.8. The summed E-state index contributed by atoms with van der Waals surface area (Å²) in [7, 11) is 3.97. The fourth-order valence-corrected chi connectivity index (χ4v) is 4.19. The minimum absolute atomic E-state index is 0.411. The van der Waals surface area contributed by atoms with Crippen molar-refractivity contribution in [3.63, 3.8) is 0 Å². The van der Waals surface area contributed by atoms with Crippen LogP contribution in [0.2, 0.25) is 10.0 Å². The number of amides is 1. The predicted molar refractivity (Wildman–Crippen MR) is 110 cm³/mol. The van der Waals surface area contributed by atoms with Crippen LogP contribution in [0.3, 0.4) is 0 Å². The lowest BCUT2D eigenvalue weighted by molar-refractivity contribution is -0.117. The molecule has 0 saturated carbocycles. The number of thioether (sulfide) groups is 1. The summed E-state index contributed by atoms with van der Waals surface area (Å²) < 4.78 is 0. The van der Waals surface area contributed by atoms with E-state index < -0.39 is 17.2 Å². The fourth-order valence-electron chi connectivity index (χ4n) is 2.75. The van der Waals surface area contributed by atoms with Crippen LogP contribution in [-0.2, 0) is 4.79 Å². The van der Waals surface area contributed by atoms with Crippen LogP contribution in [0.4, 0.5) is 5.95 Å². The van der Waals surface area contributed by atoms with Crippen molar-refractivity contribution in [3.8, 4) is 11.3 Å². The van der Waals surface area contributed by atoms with Crippen molar-refractivity contribution in [3.05, 3.63) is 33.8 Å². The molecule has 144 valence electrons. The number of rotatable bonds is 6. The first-order valence-corrected chi connectivity index (χ1v) is 9.89. The van der Waals surface area contributed by atoms with E-state index in [1.54, 1.807) is 12.1 Å². The van der Waals surface area contributed by atoms with E-state index in [9.17, 15) is 4.79 Å². The number of anilines is 1. The molecule has 7 nitrogen and oxygen atoms in total. The van der Waals surface area contributed by atoms with Crippen molar-refractivity contribution in [1.82, 2.24) is 14.9 Å². The number of hydrogen-bond donors (Lipinski definition) is 3. The lowest BCUT2D eigenvalue weighted by atomic mass is 9.99. The molecule has 5 N–H and O–H groups in total. The molecule has 0 saturated heterocycles. The molecule has 1 aliphatic rings. The smallest absolute Gasteiger partial charge is 0.232 e. The van der Waals surface area contributed by atoms with Crippen molar-refractivity contribution in [1.29, 1.82) is 0 Å². The highest BCUT2D eigenvalue weighted by Gasteiger charge is 2.39. The largest absolute Gasteiger partial charge is 0.369 e. The van der Waals surface area contributed by atoms with Gasteiger partial charge in [-0.1, -0.05) is 41.0 Å². The van der Waals surface area contributed by atoms with Gasteiger partial charge < -0.3 is 21.7 Å². The Hall–Kier alpha value is -1.58. The number of nitrogens with two attached hydrogens (primary N) is 2. The Kier molecular flexibility index (Phi) is 6.12. The molecule has 2 unspecified atom stereocenters. The van der Waals surface area contributed by atoms with Crippen LogP contribution in [0.1, 0.15) is 11.6 Å². The second-order valence-corrected chi connectivity index (χ2v) is 8.38. The average molecular weight is 427 g/mol. The Morgan fingerprint density at radius 2 is 2.04 bits per heavy atom. The number of likely N-dealkylation sites (N-methyl/N-ethyl adjacent to an activating group) is 1. The van der Waals surface area contributed by atoms with Crippen LogP contribution in [-0.4, -0.2) is 53.2 Å². The van der Waals surface area contributed by atoms with Crippen LogP contribution >= 0.6 is 35.0 Å². The van der Waals surface area contributed by atoms with Gasteiger partial charge in [0.1, 0.15) is 10.3 Å². The molecule has 3 rings (SSSR count). The van der Waals surface area contributed by atoms with Gasteiger partial charge in [-0.25, -0.2) is 9.97 Å². The lowest BCUT2D eigenvalue weighted by Gasteiger charge is -2.16. The molecule has 1 aromatic carbocycles. The van der Waals surface area contributed by atoms with Gasteiger partial charge in [0, 0.05) is 24.2 Å². The molecule has 10 heteroatoms. The van der Waals surface area contributed by atoms with Crippen LogP contribution in [0.5, 0.6) is 0 Å². The molecule has 2 heterocycles. The molecule has 27 heavy (non-hydrogen) atoms. The summed E-state index contributed by atoms with van der Waals surface area (Å²) in [5.74, 6) is -0.0193. The number of carbonyl (C=O) groups is 1. The van der Waals surface area contributed by atoms with Gasteiger partial charge in [0.15, 0.2) is 0 Å². The average Bonchev–Trinajstić information content (AvgIpc) is 2.93. The SMILES string of the molecule is CN(C)CCNc1nc2c(c(-c3ccc(Cl)c(Cl)c3)n1)C(N)C(C(N)=O)S2. The maximum absolute atomic E-state index is 11.8. The monoisotopic (exact) mass is 426 g/mol. The van der Waals surface area contributed by atoms with Gasteiger partial charge in [-0.15, -0.1) is 0 Å². The first-order valence-electron chi connectivity index (χ1n) is 8.25. The van der Waals surface area contributed by atoms with Crippen LogP contribution in [0.15, 0.2) is 23.2 Å². The van der Waals surface area contributed by atoms with E-state index in [0.29, 0.717) is 38.8 Å². The molecular formula is C17H20Cl2N6OS. The molecule has 1 aliphatic heterocycles. The number of hydrogen-bond acceptors (Lipinski definition) is 7. The molecule has 1 aromatic heterocycles. The maximum Gasteiger partial charge on any atom is 0.232 e. The molecule has 2 aromatic rings. The number of halogens is 2. The highest BCUT2D eigenvalue weighted by molar-refractivity contribution is 8.01. The van der Waals surface area contributed by atoms with E-state index in [-0.39, 0.29) is 0 Å². The summed E-state index contributed by atoms with van der Waals surface area (Å²) in [6, 6.07) is 4.65. The van der Waals surface area contributed by atoms with E-state index >= 15 is 0 Å². The van der Waals surface area contributed by atoms with Crippen molar-refractivity contribution >= 4 is 46.8 Å². The van der Waals surface area contributed by atoms with Crippen LogP contribution in [0, 0.1) is 0 Å². The van der Waals surface area contributed by atoms with E-state index in [2.05, 4.69) is 15.3 Å².